The van der Waals surface area contributed by atoms with Gasteiger partial charge in [-0.25, -0.2) is 0 Å². The molecule has 0 fully saturated rings. The molecule has 102 valence electrons. The van der Waals surface area contributed by atoms with Crippen LogP contribution in [0.15, 0.2) is 28.8 Å². The molecule has 0 amide bonds. The zero-order valence-corrected chi connectivity index (χ0v) is 11.8. The summed E-state index contributed by atoms with van der Waals surface area (Å²) in [6, 6.07) is 8.04. The Bertz CT molecular complexity index is 536. The van der Waals surface area contributed by atoms with Crippen molar-refractivity contribution in [1.29, 1.82) is 0 Å². The van der Waals surface area contributed by atoms with Crippen molar-refractivity contribution in [3.05, 3.63) is 47.1 Å². The quantitative estimate of drug-likeness (QED) is 0.896. The van der Waals surface area contributed by atoms with Crippen LogP contribution in [-0.2, 0) is 6.42 Å². The first-order valence-corrected chi connectivity index (χ1v) is 6.74. The van der Waals surface area contributed by atoms with Gasteiger partial charge in [-0.3, -0.25) is 0 Å². The third kappa shape index (κ3) is 3.20. The standard InChI is InChI=1S/C15H21N3O/c1-4-10(2)14(16)15-17-13(18-19-15)9-12-8-6-5-7-11(12)3/h5-8,10,14H,4,9,16H2,1-3H3/t10?,14-/m0/s1. The molecule has 4 nitrogen and oxygen atoms in total. The highest BCUT2D eigenvalue weighted by molar-refractivity contribution is 5.28. The minimum atomic E-state index is -0.178. The Labute approximate surface area is 114 Å². The largest absolute Gasteiger partial charge is 0.338 e. The van der Waals surface area contributed by atoms with Crippen molar-refractivity contribution in [2.24, 2.45) is 11.7 Å². The van der Waals surface area contributed by atoms with E-state index in [1.54, 1.807) is 0 Å². The molecule has 0 aliphatic carbocycles. The second-order valence-corrected chi connectivity index (χ2v) is 5.06. The summed E-state index contributed by atoms with van der Waals surface area (Å²) in [6.45, 7) is 6.28. The molecule has 1 aromatic carbocycles. The van der Waals surface area contributed by atoms with Gasteiger partial charge in [0.05, 0.1) is 6.04 Å². The number of benzene rings is 1. The van der Waals surface area contributed by atoms with Gasteiger partial charge >= 0.3 is 0 Å². The zero-order chi connectivity index (χ0) is 13.8. The van der Waals surface area contributed by atoms with Gasteiger partial charge in [0, 0.05) is 6.42 Å². The molecule has 0 spiro atoms. The maximum absolute atomic E-state index is 6.09. The number of aryl methyl sites for hydroxylation is 1. The predicted octanol–water partition coefficient (Wildman–Crippen LogP) is 3.01. The highest BCUT2D eigenvalue weighted by Crippen LogP contribution is 2.21. The minimum absolute atomic E-state index is 0.178. The molecule has 2 N–H and O–H groups in total. The number of aromatic nitrogens is 2. The van der Waals surface area contributed by atoms with Crippen LogP contribution in [0.25, 0.3) is 0 Å². The lowest BCUT2D eigenvalue weighted by molar-refractivity contribution is 0.310. The Morgan fingerprint density at radius 3 is 2.74 bits per heavy atom. The number of hydrogen-bond acceptors (Lipinski definition) is 4. The summed E-state index contributed by atoms with van der Waals surface area (Å²) in [5.74, 6) is 1.58. The lowest BCUT2D eigenvalue weighted by atomic mass is 10.0. The van der Waals surface area contributed by atoms with Crippen molar-refractivity contribution in [2.45, 2.75) is 39.7 Å². The van der Waals surface area contributed by atoms with Gasteiger partial charge in [0.25, 0.3) is 0 Å². The molecule has 0 saturated heterocycles. The van der Waals surface area contributed by atoms with Crippen molar-refractivity contribution in [3.8, 4) is 0 Å². The molecular weight excluding hydrogens is 238 g/mol. The molecular formula is C15H21N3O. The van der Waals surface area contributed by atoms with Crippen LogP contribution in [0.2, 0.25) is 0 Å². The van der Waals surface area contributed by atoms with Crippen LogP contribution in [0.3, 0.4) is 0 Å². The Morgan fingerprint density at radius 2 is 2.05 bits per heavy atom. The average molecular weight is 259 g/mol. The second kappa shape index (κ2) is 5.97. The normalized spacial score (nSPS) is 14.3. The molecule has 19 heavy (non-hydrogen) atoms. The fraction of sp³-hybridized carbons (Fsp3) is 0.467. The van der Waals surface area contributed by atoms with E-state index in [-0.39, 0.29) is 6.04 Å². The predicted molar refractivity (Wildman–Crippen MR) is 74.7 cm³/mol. The SMILES string of the molecule is CCC(C)[C@H](N)c1nc(Cc2ccccc2C)no1. The van der Waals surface area contributed by atoms with Crippen molar-refractivity contribution < 1.29 is 4.52 Å². The van der Waals surface area contributed by atoms with E-state index in [1.165, 1.54) is 11.1 Å². The van der Waals surface area contributed by atoms with Gasteiger partial charge < -0.3 is 10.3 Å². The van der Waals surface area contributed by atoms with E-state index in [9.17, 15) is 0 Å². The highest BCUT2D eigenvalue weighted by Gasteiger charge is 2.20. The van der Waals surface area contributed by atoms with E-state index in [1.807, 2.05) is 12.1 Å². The van der Waals surface area contributed by atoms with Crippen LogP contribution in [0, 0.1) is 12.8 Å². The molecule has 1 aromatic heterocycles. The first-order valence-electron chi connectivity index (χ1n) is 6.74. The summed E-state index contributed by atoms with van der Waals surface area (Å²) in [5, 5.41) is 4.02. The first-order chi connectivity index (χ1) is 9.11. The highest BCUT2D eigenvalue weighted by atomic mass is 16.5. The van der Waals surface area contributed by atoms with E-state index in [2.05, 4.69) is 43.0 Å². The second-order valence-electron chi connectivity index (χ2n) is 5.06. The summed E-state index contributed by atoms with van der Waals surface area (Å²) in [5.41, 5.74) is 8.54. The molecule has 0 aliphatic heterocycles. The van der Waals surface area contributed by atoms with Gasteiger partial charge in [-0.1, -0.05) is 49.7 Å². The fourth-order valence-corrected chi connectivity index (χ4v) is 1.95. The van der Waals surface area contributed by atoms with E-state index in [0.29, 0.717) is 24.1 Å². The van der Waals surface area contributed by atoms with Gasteiger partial charge in [-0.05, 0) is 24.0 Å². The monoisotopic (exact) mass is 259 g/mol. The summed E-state index contributed by atoms with van der Waals surface area (Å²) in [7, 11) is 0. The number of rotatable bonds is 5. The topological polar surface area (TPSA) is 64.9 Å². The fourth-order valence-electron chi connectivity index (χ4n) is 1.95. The molecule has 0 aliphatic rings. The minimum Gasteiger partial charge on any atom is -0.338 e. The van der Waals surface area contributed by atoms with Crippen LogP contribution in [0.4, 0.5) is 0 Å². The maximum atomic E-state index is 6.09. The summed E-state index contributed by atoms with van der Waals surface area (Å²) in [4.78, 5) is 4.41. The van der Waals surface area contributed by atoms with Gasteiger partial charge in [0.15, 0.2) is 5.82 Å². The lowest BCUT2D eigenvalue weighted by Gasteiger charge is -2.12. The van der Waals surface area contributed by atoms with E-state index in [4.69, 9.17) is 10.3 Å². The molecule has 4 heteroatoms. The van der Waals surface area contributed by atoms with Crippen LogP contribution >= 0.6 is 0 Å². The van der Waals surface area contributed by atoms with Gasteiger partial charge in [0.2, 0.25) is 5.89 Å². The van der Waals surface area contributed by atoms with Crippen molar-refractivity contribution >= 4 is 0 Å². The summed E-state index contributed by atoms with van der Waals surface area (Å²) in [6.07, 6.45) is 1.68. The van der Waals surface area contributed by atoms with Crippen LogP contribution in [0.5, 0.6) is 0 Å². The zero-order valence-electron chi connectivity index (χ0n) is 11.8. The molecule has 0 radical (unpaired) electrons. The third-order valence-corrected chi connectivity index (χ3v) is 3.64. The maximum Gasteiger partial charge on any atom is 0.243 e. The first kappa shape index (κ1) is 13.7. The Morgan fingerprint density at radius 1 is 1.32 bits per heavy atom. The summed E-state index contributed by atoms with van der Waals surface area (Å²) < 4.78 is 5.28. The van der Waals surface area contributed by atoms with Crippen LogP contribution < -0.4 is 5.73 Å². The Kier molecular flexibility index (Phi) is 4.32. The molecule has 2 aromatic rings. The molecule has 0 saturated carbocycles. The van der Waals surface area contributed by atoms with E-state index < -0.39 is 0 Å². The van der Waals surface area contributed by atoms with Gasteiger partial charge in [-0.2, -0.15) is 4.98 Å². The van der Waals surface area contributed by atoms with Crippen LogP contribution in [-0.4, -0.2) is 10.1 Å². The molecule has 1 heterocycles. The van der Waals surface area contributed by atoms with Gasteiger partial charge in [-0.15, -0.1) is 0 Å². The third-order valence-electron chi connectivity index (χ3n) is 3.64. The number of nitrogens with zero attached hydrogens (tertiary/aromatic N) is 2. The van der Waals surface area contributed by atoms with Crippen molar-refractivity contribution in [1.82, 2.24) is 10.1 Å². The number of hydrogen-bond donors (Lipinski definition) is 1. The Balaban J connectivity index is 2.12. The van der Waals surface area contributed by atoms with Crippen molar-refractivity contribution in [3.63, 3.8) is 0 Å². The van der Waals surface area contributed by atoms with Gasteiger partial charge in [0.1, 0.15) is 0 Å². The number of nitrogens with two attached hydrogens (primary N) is 1. The molecule has 1 unspecified atom stereocenters. The lowest BCUT2D eigenvalue weighted by Crippen LogP contribution is -2.18. The Hall–Kier alpha value is -1.68. The van der Waals surface area contributed by atoms with E-state index in [0.717, 1.165) is 6.42 Å². The average Bonchev–Trinajstić information content (AvgIpc) is 2.88. The molecule has 2 atom stereocenters. The van der Waals surface area contributed by atoms with Crippen LogP contribution in [0.1, 0.15) is 49.2 Å². The molecule has 0 bridgehead atoms. The van der Waals surface area contributed by atoms with E-state index >= 15 is 0 Å². The smallest absolute Gasteiger partial charge is 0.243 e. The van der Waals surface area contributed by atoms with Crippen molar-refractivity contribution in [2.75, 3.05) is 0 Å². The molecule has 2 rings (SSSR count). The summed E-state index contributed by atoms with van der Waals surface area (Å²) >= 11 is 0.